The molecular weight excluding hydrogens is 276 g/mol. The van der Waals surface area contributed by atoms with Gasteiger partial charge in [-0.1, -0.05) is 19.9 Å². The zero-order chi connectivity index (χ0) is 16.4. The van der Waals surface area contributed by atoms with Crippen LogP contribution in [0.5, 0.6) is 0 Å². The lowest BCUT2D eigenvalue weighted by Crippen LogP contribution is -2.43. The van der Waals surface area contributed by atoms with Crippen LogP contribution in [-0.4, -0.2) is 42.0 Å². The SMILES string of the molecule is C=CC(=O)OC(CCC)C(COC(=O)CC(C)N)C(N)O. The first-order valence-corrected chi connectivity index (χ1v) is 6.99. The van der Waals surface area contributed by atoms with Crippen molar-refractivity contribution >= 4 is 11.9 Å². The summed E-state index contributed by atoms with van der Waals surface area (Å²) < 4.78 is 10.2. The molecule has 0 aliphatic rings. The van der Waals surface area contributed by atoms with E-state index in [9.17, 15) is 14.7 Å². The van der Waals surface area contributed by atoms with E-state index in [2.05, 4.69) is 6.58 Å². The summed E-state index contributed by atoms with van der Waals surface area (Å²) in [5.41, 5.74) is 11.0. The monoisotopic (exact) mass is 302 g/mol. The van der Waals surface area contributed by atoms with Crippen LogP contribution in [0.1, 0.15) is 33.1 Å². The molecule has 0 radical (unpaired) electrons. The molecule has 0 spiro atoms. The van der Waals surface area contributed by atoms with Gasteiger partial charge in [0.1, 0.15) is 18.9 Å². The van der Waals surface area contributed by atoms with Gasteiger partial charge in [-0.3, -0.25) is 4.79 Å². The molecule has 0 saturated carbocycles. The summed E-state index contributed by atoms with van der Waals surface area (Å²) in [7, 11) is 0. The minimum Gasteiger partial charge on any atom is -0.465 e. The van der Waals surface area contributed by atoms with Gasteiger partial charge < -0.3 is 26.0 Å². The average Bonchev–Trinajstić information content (AvgIpc) is 2.37. The predicted octanol–water partition coefficient (Wildman–Crippen LogP) is 0.0581. The summed E-state index contributed by atoms with van der Waals surface area (Å²) in [6.07, 6.45) is 0.379. The first kappa shape index (κ1) is 19.6. The molecule has 0 aromatic heterocycles. The second kappa shape index (κ2) is 10.3. The molecule has 0 aromatic carbocycles. The van der Waals surface area contributed by atoms with E-state index in [0.717, 1.165) is 6.08 Å². The number of rotatable bonds is 10. The minimum absolute atomic E-state index is 0.0677. The third-order valence-corrected chi connectivity index (χ3v) is 2.85. The smallest absolute Gasteiger partial charge is 0.330 e. The molecule has 5 N–H and O–H groups in total. The zero-order valence-electron chi connectivity index (χ0n) is 12.7. The first-order valence-electron chi connectivity index (χ1n) is 6.99. The van der Waals surface area contributed by atoms with Gasteiger partial charge in [-0.25, -0.2) is 4.79 Å². The molecule has 21 heavy (non-hydrogen) atoms. The standard InChI is InChI=1S/C14H26N2O5/c1-4-6-11(21-12(17)5-2)10(14(16)19)8-20-13(18)7-9(3)15/h5,9-11,14,19H,2,4,6-8,15-16H2,1,3H3. The summed E-state index contributed by atoms with van der Waals surface area (Å²) in [4.78, 5) is 22.8. The fraction of sp³-hybridized carbons (Fsp3) is 0.714. The lowest BCUT2D eigenvalue weighted by atomic mass is 9.97. The molecular formula is C14H26N2O5. The summed E-state index contributed by atoms with van der Waals surface area (Å²) >= 11 is 0. The first-order chi connectivity index (χ1) is 9.81. The maximum absolute atomic E-state index is 11.5. The third-order valence-electron chi connectivity index (χ3n) is 2.85. The Morgan fingerprint density at radius 1 is 1.38 bits per heavy atom. The van der Waals surface area contributed by atoms with Gasteiger partial charge in [0.25, 0.3) is 0 Å². The Bertz CT molecular complexity index is 344. The number of hydrogen-bond donors (Lipinski definition) is 3. The molecule has 4 atom stereocenters. The molecule has 0 aliphatic heterocycles. The Kier molecular flexibility index (Phi) is 9.60. The third kappa shape index (κ3) is 8.44. The Balaban J connectivity index is 4.69. The van der Waals surface area contributed by atoms with E-state index >= 15 is 0 Å². The maximum atomic E-state index is 11.5. The van der Waals surface area contributed by atoms with Gasteiger partial charge in [-0.15, -0.1) is 0 Å². The number of ether oxygens (including phenoxy) is 2. The highest BCUT2D eigenvalue weighted by Gasteiger charge is 2.30. The molecule has 0 bridgehead atoms. The molecule has 0 rings (SSSR count). The average molecular weight is 302 g/mol. The quantitative estimate of drug-likeness (QED) is 0.296. The van der Waals surface area contributed by atoms with E-state index < -0.39 is 30.2 Å². The lowest BCUT2D eigenvalue weighted by Gasteiger charge is -2.28. The number of aliphatic hydroxyl groups is 1. The Morgan fingerprint density at radius 2 is 2.00 bits per heavy atom. The molecule has 7 heteroatoms. The van der Waals surface area contributed by atoms with Crippen molar-refractivity contribution in [2.75, 3.05) is 6.61 Å². The van der Waals surface area contributed by atoms with Crippen LogP contribution < -0.4 is 11.5 Å². The highest BCUT2D eigenvalue weighted by Crippen LogP contribution is 2.17. The molecule has 0 aromatic rings. The van der Waals surface area contributed by atoms with Crippen molar-refractivity contribution in [1.29, 1.82) is 0 Å². The second-order valence-corrected chi connectivity index (χ2v) is 4.99. The van der Waals surface area contributed by atoms with Crippen molar-refractivity contribution < 1.29 is 24.2 Å². The minimum atomic E-state index is -1.28. The van der Waals surface area contributed by atoms with E-state index in [1.165, 1.54) is 0 Å². The van der Waals surface area contributed by atoms with E-state index in [1.54, 1.807) is 6.92 Å². The van der Waals surface area contributed by atoms with Crippen LogP contribution >= 0.6 is 0 Å². The van der Waals surface area contributed by atoms with Gasteiger partial charge in [0.15, 0.2) is 0 Å². The second-order valence-electron chi connectivity index (χ2n) is 4.99. The highest BCUT2D eigenvalue weighted by molar-refractivity contribution is 5.81. The van der Waals surface area contributed by atoms with Crippen LogP contribution in [0.15, 0.2) is 12.7 Å². The maximum Gasteiger partial charge on any atom is 0.330 e. The van der Waals surface area contributed by atoms with Gasteiger partial charge in [0.05, 0.1) is 12.3 Å². The molecule has 122 valence electrons. The Hall–Kier alpha value is -1.44. The van der Waals surface area contributed by atoms with Gasteiger partial charge in [0, 0.05) is 12.1 Å². The van der Waals surface area contributed by atoms with Crippen LogP contribution in [0.25, 0.3) is 0 Å². The van der Waals surface area contributed by atoms with Crippen molar-refractivity contribution in [2.24, 2.45) is 17.4 Å². The number of hydrogen-bond acceptors (Lipinski definition) is 7. The zero-order valence-corrected chi connectivity index (χ0v) is 12.7. The van der Waals surface area contributed by atoms with Crippen LogP contribution in [0.2, 0.25) is 0 Å². The van der Waals surface area contributed by atoms with Crippen molar-refractivity contribution in [3.05, 3.63) is 12.7 Å². The predicted molar refractivity (Wildman–Crippen MR) is 77.9 cm³/mol. The summed E-state index contributed by atoms with van der Waals surface area (Å²) in [5, 5.41) is 9.63. The number of esters is 2. The van der Waals surface area contributed by atoms with Crippen molar-refractivity contribution in [3.8, 4) is 0 Å². The van der Waals surface area contributed by atoms with Gasteiger partial charge in [0.2, 0.25) is 0 Å². The number of carbonyl (C=O) groups is 2. The molecule has 0 amide bonds. The number of carbonyl (C=O) groups excluding carboxylic acids is 2. The molecule has 4 unspecified atom stereocenters. The van der Waals surface area contributed by atoms with E-state index in [1.807, 2.05) is 6.92 Å². The van der Waals surface area contributed by atoms with E-state index in [-0.39, 0.29) is 19.1 Å². The molecule has 0 heterocycles. The number of aliphatic hydroxyl groups excluding tert-OH is 1. The van der Waals surface area contributed by atoms with Crippen LogP contribution in [0.3, 0.4) is 0 Å². The van der Waals surface area contributed by atoms with E-state index in [0.29, 0.717) is 12.8 Å². The van der Waals surface area contributed by atoms with Crippen LogP contribution in [-0.2, 0) is 19.1 Å². The Labute approximate surface area is 125 Å². The molecule has 0 fully saturated rings. The largest absolute Gasteiger partial charge is 0.465 e. The summed E-state index contributed by atoms with van der Waals surface area (Å²) in [6.45, 7) is 6.76. The van der Waals surface area contributed by atoms with Gasteiger partial charge in [-0.05, 0) is 13.3 Å². The number of nitrogens with two attached hydrogens (primary N) is 2. The topological polar surface area (TPSA) is 125 Å². The van der Waals surface area contributed by atoms with Crippen LogP contribution in [0.4, 0.5) is 0 Å². The summed E-state index contributed by atoms with van der Waals surface area (Å²) in [6, 6.07) is -0.316. The van der Waals surface area contributed by atoms with Gasteiger partial charge in [-0.2, -0.15) is 0 Å². The fourth-order valence-corrected chi connectivity index (χ4v) is 1.78. The molecule has 0 aliphatic carbocycles. The van der Waals surface area contributed by atoms with Gasteiger partial charge >= 0.3 is 11.9 Å². The molecule has 0 saturated heterocycles. The van der Waals surface area contributed by atoms with Crippen molar-refractivity contribution in [2.45, 2.75) is 51.5 Å². The van der Waals surface area contributed by atoms with Crippen molar-refractivity contribution in [1.82, 2.24) is 0 Å². The lowest BCUT2D eigenvalue weighted by molar-refractivity contribution is -0.156. The summed E-state index contributed by atoms with van der Waals surface area (Å²) in [5.74, 6) is -1.80. The Morgan fingerprint density at radius 3 is 2.43 bits per heavy atom. The normalized spacial score (nSPS) is 16.4. The van der Waals surface area contributed by atoms with Crippen molar-refractivity contribution in [3.63, 3.8) is 0 Å². The highest BCUT2D eigenvalue weighted by atomic mass is 16.6. The van der Waals surface area contributed by atoms with Crippen LogP contribution in [0, 0.1) is 5.92 Å². The molecule has 7 nitrogen and oxygen atoms in total. The van der Waals surface area contributed by atoms with E-state index in [4.69, 9.17) is 20.9 Å². The fourth-order valence-electron chi connectivity index (χ4n) is 1.78.